The fourth-order valence-electron chi connectivity index (χ4n) is 1.78. The molecule has 24 heavy (non-hydrogen) atoms. The van der Waals surface area contributed by atoms with Crippen molar-refractivity contribution >= 4 is 29.3 Å². The number of nitrogens with two attached hydrogens (primary N) is 1. The van der Waals surface area contributed by atoms with E-state index in [0.29, 0.717) is 22.2 Å². The number of nitrogens with one attached hydrogen (secondary N) is 1. The number of hydrogen-bond donors (Lipinski definition) is 2. The first-order valence-electron chi connectivity index (χ1n) is 7.27. The van der Waals surface area contributed by atoms with Gasteiger partial charge in [-0.05, 0) is 39.0 Å². The summed E-state index contributed by atoms with van der Waals surface area (Å²) in [5.41, 5.74) is 0.899. The lowest BCUT2D eigenvalue weighted by molar-refractivity contribution is -0.113. The van der Waals surface area contributed by atoms with E-state index in [2.05, 4.69) is 15.5 Å². The molecule has 2 rings (SSSR count). The van der Waals surface area contributed by atoms with Crippen molar-refractivity contribution in [3.05, 3.63) is 35.7 Å². The van der Waals surface area contributed by atoms with Crippen LogP contribution in [0.4, 0.5) is 5.69 Å². The molecule has 0 aliphatic rings. The normalized spacial score (nSPS) is 10.7. The number of esters is 1. The number of rotatable bonds is 6. The molecule has 1 heterocycles. The molecule has 0 aliphatic carbocycles. The second-order valence-corrected chi connectivity index (χ2v) is 6.21. The number of amides is 1. The van der Waals surface area contributed by atoms with Gasteiger partial charge in [0.15, 0.2) is 0 Å². The van der Waals surface area contributed by atoms with Gasteiger partial charge in [0.05, 0.1) is 17.4 Å². The summed E-state index contributed by atoms with van der Waals surface area (Å²) >= 11 is 1.17. The maximum Gasteiger partial charge on any atom is 0.338 e. The Bertz CT molecular complexity index is 744. The maximum atomic E-state index is 12.0. The Kier molecular flexibility index (Phi) is 5.80. The van der Waals surface area contributed by atoms with E-state index < -0.39 is 5.97 Å². The molecule has 0 aliphatic heterocycles. The molecule has 0 unspecified atom stereocenters. The largest absolute Gasteiger partial charge is 0.459 e. The van der Waals surface area contributed by atoms with Gasteiger partial charge in [-0.3, -0.25) is 4.79 Å². The molecule has 0 spiro atoms. The molecule has 3 N–H and O–H groups in total. The van der Waals surface area contributed by atoms with Crippen molar-refractivity contribution in [2.75, 3.05) is 16.9 Å². The standard InChI is InChI=1S/C15H19N5O3S/c1-9(2)23-14(22)11-5-4-6-12(7-11)17-13(21)8-24-15-19-18-10(3)20(15)16/h4-7,9H,8,16H2,1-3H3,(H,17,21). The number of aryl methyl sites for hydroxylation is 1. The molecule has 0 radical (unpaired) electrons. The van der Waals surface area contributed by atoms with Crippen LogP contribution in [0.15, 0.2) is 29.4 Å². The van der Waals surface area contributed by atoms with Gasteiger partial charge in [-0.1, -0.05) is 17.8 Å². The van der Waals surface area contributed by atoms with Gasteiger partial charge < -0.3 is 15.9 Å². The zero-order chi connectivity index (χ0) is 17.7. The third kappa shape index (κ3) is 4.72. The number of thioether (sulfide) groups is 1. The minimum atomic E-state index is -0.429. The van der Waals surface area contributed by atoms with Crippen LogP contribution in [0, 0.1) is 6.92 Å². The van der Waals surface area contributed by atoms with Gasteiger partial charge in [0, 0.05) is 5.69 Å². The summed E-state index contributed by atoms with van der Waals surface area (Å²) in [6.07, 6.45) is -0.204. The molecule has 0 saturated carbocycles. The lowest BCUT2D eigenvalue weighted by Crippen LogP contribution is -2.17. The predicted molar refractivity (Wildman–Crippen MR) is 91.3 cm³/mol. The van der Waals surface area contributed by atoms with E-state index >= 15 is 0 Å². The third-order valence-corrected chi connectivity index (χ3v) is 3.84. The van der Waals surface area contributed by atoms with E-state index in [-0.39, 0.29) is 17.8 Å². The first-order valence-corrected chi connectivity index (χ1v) is 8.26. The van der Waals surface area contributed by atoms with Gasteiger partial charge in [0.25, 0.3) is 0 Å². The quantitative estimate of drug-likeness (QED) is 0.463. The molecule has 0 saturated heterocycles. The number of nitrogen functional groups attached to an aromatic ring is 1. The minimum Gasteiger partial charge on any atom is -0.459 e. The van der Waals surface area contributed by atoms with Crippen LogP contribution in [0.3, 0.4) is 0 Å². The summed E-state index contributed by atoms with van der Waals surface area (Å²) in [5.74, 6) is 5.74. The lowest BCUT2D eigenvalue weighted by atomic mass is 10.2. The van der Waals surface area contributed by atoms with Gasteiger partial charge in [0.1, 0.15) is 5.82 Å². The highest BCUT2D eigenvalue weighted by Gasteiger charge is 2.12. The summed E-state index contributed by atoms with van der Waals surface area (Å²) in [4.78, 5) is 23.9. The Hall–Kier alpha value is -2.55. The molecule has 2 aromatic rings. The van der Waals surface area contributed by atoms with Gasteiger partial charge in [-0.25, -0.2) is 9.47 Å². The van der Waals surface area contributed by atoms with Crippen LogP contribution in [-0.2, 0) is 9.53 Å². The Balaban J connectivity index is 1.94. The number of benzene rings is 1. The van der Waals surface area contributed by atoms with E-state index in [9.17, 15) is 9.59 Å². The maximum absolute atomic E-state index is 12.0. The SMILES string of the molecule is Cc1nnc(SCC(=O)Nc2cccc(C(=O)OC(C)C)c2)n1N. The van der Waals surface area contributed by atoms with Crippen molar-refractivity contribution in [1.82, 2.24) is 14.9 Å². The van der Waals surface area contributed by atoms with Gasteiger partial charge in [0.2, 0.25) is 11.1 Å². The second kappa shape index (κ2) is 7.82. The Labute approximate surface area is 143 Å². The molecule has 1 aromatic carbocycles. The number of ether oxygens (including phenoxy) is 1. The van der Waals surface area contributed by atoms with Crippen LogP contribution in [0.25, 0.3) is 0 Å². The Morgan fingerprint density at radius 1 is 1.38 bits per heavy atom. The van der Waals surface area contributed by atoms with Gasteiger partial charge in [-0.15, -0.1) is 10.2 Å². The monoisotopic (exact) mass is 349 g/mol. The molecule has 1 aromatic heterocycles. The number of hydrogen-bond acceptors (Lipinski definition) is 7. The van der Waals surface area contributed by atoms with Crippen LogP contribution in [-0.4, -0.2) is 38.6 Å². The molecule has 8 nitrogen and oxygen atoms in total. The zero-order valence-corrected chi connectivity index (χ0v) is 14.5. The highest BCUT2D eigenvalue weighted by atomic mass is 32.2. The highest BCUT2D eigenvalue weighted by molar-refractivity contribution is 7.99. The number of carbonyl (C=O) groups is 2. The number of anilines is 1. The van der Waals surface area contributed by atoms with Crippen molar-refractivity contribution in [3.8, 4) is 0 Å². The zero-order valence-electron chi connectivity index (χ0n) is 13.6. The molecule has 0 fully saturated rings. The van der Waals surface area contributed by atoms with Crippen molar-refractivity contribution < 1.29 is 14.3 Å². The Morgan fingerprint density at radius 2 is 2.12 bits per heavy atom. The topological polar surface area (TPSA) is 112 Å². The summed E-state index contributed by atoms with van der Waals surface area (Å²) in [5, 5.41) is 10.9. The Morgan fingerprint density at radius 3 is 2.75 bits per heavy atom. The smallest absolute Gasteiger partial charge is 0.338 e. The summed E-state index contributed by atoms with van der Waals surface area (Å²) in [6, 6.07) is 6.58. The van der Waals surface area contributed by atoms with E-state index in [1.165, 1.54) is 16.4 Å². The molecular weight excluding hydrogens is 330 g/mol. The van der Waals surface area contributed by atoms with Crippen LogP contribution in [0.5, 0.6) is 0 Å². The van der Waals surface area contributed by atoms with E-state index in [1.54, 1.807) is 45.0 Å². The fourth-order valence-corrected chi connectivity index (χ4v) is 2.48. The van der Waals surface area contributed by atoms with E-state index in [1.807, 2.05) is 0 Å². The summed E-state index contributed by atoms with van der Waals surface area (Å²) in [7, 11) is 0. The van der Waals surface area contributed by atoms with Crippen LogP contribution in [0.2, 0.25) is 0 Å². The minimum absolute atomic E-state index is 0.121. The molecule has 9 heteroatoms. The molecule has 0 atom stereocenters. The third-order valence-electron chi connectivity index (χ3n) is 2.89. The molecule has 1 amide bonds. The van der Waals surface area contributed by atoms with Crippen LogP contribution >= 0.6 is 11.8 Å². The fraction of sp³-hybridized carbons (Fsp3) is 0.333. The van der Waals surface area contributed by atoms with Crippen molar-refractivity contribution in [2.45, 2.75) is 32.0 Å². The molecule has 128 valence electrons. The van der Waals surface area contributed by atoms with Crippen molar-refractivity contribution in [3.63, 3.8) is 0 Å². The lowest BCUT2D eigenvalue weighted by Gasteiger charge is -2.09. The molecular formula is C15H19N5O3S. The first-order chi connectivity index (χ1) is 11.4. The van der Waals surface area contributed by atoms with E-state index in [4.69, 9.17) is 10.6 Å². The average molecular weight is 349 g/mol. The highest BCUT2D eigenvalue weighted by Crippen LogP contribution is 2.16. The second-order valence-electron chi connectivity index (χ2n) is 5.27. The van der Waals surface area contributed by atoms with Gasteiger partial charge >= 0.3 is 5.97 Å². The first kappa shape index (κ1) is 17.8. The number of aromatic nitrogens is 3. The number of carbonyl (C=O) groups excluding carboxylic acids is 2. The predicted octanol–water partition coefficient (Wildman–Crippen LogP) is 1.60. The summed E-state index contributed by atoms with van der Waals surface area (Å²) < 4.78 is 6.45. The average Bonchev–Trinajstić information content (AvgIpc) is 2.84. The molecule has 0 bridgehead atoms. The van der Waals surface area contributed by atoms with Crippen LogP contribution in [0.1, 0.15) is 30.0 Å². The van der Waals surface area contributed by atoms with Crippen LogP contribution < -0.4 is 11.2 Å². The van der Waals surface area contributed by atoms with Gasteiger partial charge in [-0.2, -0.15) is 0 Å². The van der Waals surface area contributed by atoms with E-state index in [0.717, 1.165) is 0 Å². The number of nitrogens with zero attached hydrogens (tertiary/aromatic N) is 3. The van der Waals surface area contributed by atoms with Crippen molar-refractivity contribution in [2.24, 2.45) is 0 Å². The van der Waals surface area contributed by atoms with Crippen molar-refractivity contribution in [1.29, 1.82) is 0 Å². The summed E-state index contributed by atoms with van der Waals surface area (Å²) in [6.45, 7) is 5.27.